The van der Waals surface area contributed by atoms with E-state index in [4.69, 9.17) is 38.8 Å². The number of aliphatic hydroxyl groups is 1. The van der Waals surface area contributed by atoms with Crippen LogP contribution in [0.3, 0.4) is 0 Å². The first-order chi connectivity index (χ1) is 29.5. The van der Waals surface area contributed by atoms with E-state index < -0.39 is 0 Å². The molecule has 7 rings (SSSR count). The number of pyridine rings is 1. The molecule has 2 fully saturated rings. The minimum atomic E-state index is -0.131. The highest BCUT2D eigenvalue weighted by Crippen LogP contribution is 2.39. The molecule has 2 atom stereocenters. The lowest BCUT2D eigenvalue weighted by Crippen LogP contribution is -2.39. The molecule has 0 radical (unpaired) electrons. The van der Waals surface area contributed by atoms with Crippen molar-refractivity contribution >= 4 is 46.9 Å². The van der Waals surface area contributed by atoms with E-state index in [0.717, 1.165) is 29.9 Å². The number of hydrogen-bond acceptors (Lipinski definition) is 13. The summed E-state index contributed by atoms with van der Waals surface area (Å²) in [6, 6.07) is 13.1. The molecular formula is C46H58N6O8S. The Morgan fingerprint density at radius 3 is 2.44 bits per heavy atom. The minimum Gasteiger partial charge on any atom is -0.493 e. The van der Waals surface area contributed by atoms with Crippen molar-refractivity contribution in [2.75, 3.05) is 89.3 Å². The monoisotopic (exact) mass is 854 g/mol. The van der Waals surface area contributed by atoms with Crippen molar-refractivity contribution < 1.29 is 38.4 Å². The molecule has 4 aliphatic rings. The fraction of sp³-hybridized carbons (Fsp3) is 0.478. The number of amides is 2. The zero-order valence-electron chi connectivity index (χ0n) is 35.9. The predicted molar refractivity (Wildman–Crippen MR) is 239 cm³/mol. The second-order valence-corrected chi connectivity index (χ2v) is 17.8. The number of carbonyl (C=O) groups excluding carboxylic acids is 2. The maximum atomic E-state index is 13.6. The number of benzene rings is 2. The highest BCUT2D eigenvalue weighted by molar-refractivity contribution is 7.99. The quantitative estimate of drug-likeness (QED) is 0.103. The summed E-state index contributed by atoms with van der Waals surface area (Å²) >= 11 is 1.78. The molecule has 0 aliphatic carbocycles. The first-order valence-electron chi connectivity index (χ1n) is 20.9. The van der Waals surface area contributed by atoms with E-state index in [9.17, 15) is 9.59 Å². The smallest absolute Gasteiger partial charge is 0.257 e. The molecule has 2 amide bonds. The highest BCUT2D eigenvalue weighted by atomic mass is 32.2. The number of methoxy groups -OCH3 is 1. The van der Waals surface area contributed by atoms with Gasteiger partial charge in [0.2, 0.25) is 0 Å². The van der Waals surface area contributed by atoms with Gasteiger partial charge in [-0.1, -0.05) is 23.8 Å². The number of thioether (sulfide) groups is 1. The fourth-order valence-electron chi connectivity index (χ4n) is 8.04. The van der Waals surface area contributed by atoms with Crippen LogP contribution in [0.5, 0.6) is 17.2 Å². The summed E-state index contributed by atoms with van der Waals surface area (Å²) in [7, 11) is 1.55. The molecule has 0 spiro atoms. The van der Waals surface area contributed by atoms with Crippen LogP contribution in [0, 0.1) is 0 Å². The molecule has 3 aromatic rings. The third-order valence-electron chi connectivity index (χ3n) is 11.5. The first-order valence-corrected chi connectivity index (χ1v) is 22.1. The Morgan fingerprint density at radius 1 is 0.951 bits per heavy atom. The van der Waals surface area contributed by atoms with Crippen molar-refractivity contribution in [1.29, 1.82) is 0 Å². The molecule has 61 heavy (non-hydrogen) atoms. The number of nitrogens with zero attached hydrogens (tertiary/aromatic N) is 5. The molecule has 0 bridgehead atoms. The van der Waals surface area contributed by atoms with Crippen LogP contribution < -0.4 is 24.4 Å². The number of rotatable bonds is 19. The number of carbonyl (C=O) groups is 2. The Labute approximate surface area is 362 Å². The van der Waals surface area contributed by atoms with Gasteiger partial charge in [-0.25, -0.2) is 0 Å². The van der Waals surface area contributed by atoms with E-state index >= 15 is 0 Å². The van der Waals surface area contributed by atoms with Crippen molar-refractivity contribution in [2.24, 2.45) is 4.99 Å². The number of aliphatic imine (C=N–C) groups is 1. The normalized spacial score (nSPS) is 18.9. The van der Waals surface area contributed by atoms with Gasteiger partial charge in [-0.15, -0.1) is 0 Å². The zero-order valence-corrected chi connectivity index (χ0v) is 36.7. The molecular weight excluding hydrogens is 797 g/mol. The molecule has 15 heteroatoms. The molecule has 2 saturated heterocycles. The van der Waals surface area contributed by atoms with Crippen LogP contribution in [-0.4, -0.2) is 134 Å². The van der Waals surface area contributed by atoms with Crippen LogP contribution >= 0.6 is 11.8 Å². The van der Waals surface area contributed by atoms with Gasteiger partial charge >= 0.3 is 0 Å². The summed E-state index contributed by atoms with van der Waals surface area (Å²) in [5, 5.41) is 12.5. The summed E-state index contributed by atoms with van der Waals surface area (Å²) in [4.78, 5) is 42.9. The van der Waals surface area contributed by atoms with Crippen molar-refractivity contribution in [1.82, 2.24) is 14.8 Å². The molecule has 2 aromatic carbocycles. The topological polar surface area (TPSA) is 148 Å². The third kappa shape index (κ3) is 10.5. The van der Waals surface area contributed by atoms with E-state index in [1.807, 2.05) is 48.4 Å². The summed E-state index contributed by atoms with van der Waals surface area (Å²) in [6.07, 6.45) is 7.59. The molecule has 4 aliphatic heterocycles. The average molecular weight is 855 g/mol. The maximum Gasteiger partial charge on any atom is 0.257 e. The van der Waals surface area contributed by atoms with Crippen LogP contribution in [0.15, 0.2) is 71.3 Å². The number of hydrogen-bond donors (Lipinski definition) is 2. The van der Waals surface area contributed by atoms with E-state index in [0.29, 0.717) is 97.9 Å². The molecule has 5 heterocycles. The zero-order chi connectivity index (χ0) is 43.1. The van der Waals surface area contributed by atoms with Gasteiger partial charge in [0.1, 0.15) is 19.0 Å². The second-order valence-electron chi connectivity index (χ2n) is 16.3. The Bertz CT molecular complexity index is 2160. The minimum absolute atomic E-state index is 0.0264. The molecule has 1 aromatic heterocycles. The number of nitrogens with one attached hydrogen (secondary N) is 1. The van der Waals surface area contributed by atoms with E-state index in [2.05, 4.69) is 43.0 Å². The summed E-state index contributed by atoms with van der Waals surface area (Å²) < 4.78 is 29.9. The Balaban J connectivity index is 1.14. The van der Waals surface area contributed by atoms with Gasteiger partial charge in [-0.3, -0.25) is 19.6 Å². The van der Waals surface area contributed by atoms with Gasteiger partial charge in [0.25, 0.3) is 11.8 Å². The number of aromatic nitrogens is 1. The SMILES string of the molecule is C=C1C[C@H]2C=Nc3cc(OCc4cc(N(CCOCCOCCO)CC(C)(C)SC)cc(COc5ccc6c(c5)NC[C@@H]5C/C(=C/C)CN5C6=O)n4)c(OC)cc3C(=O)N2C1. The van der Waals surface area contributed by atoms with Crippen LogP contribution in [0.2, 0.25) is 0 Å². The van der Waals surface area contributed by atoms with E-state index in [1.165, 1.54) is 5.57 Å². The Kier molecular flexibility index (Phi) is 14.2. The van der Waals surface area contributed by atoms with Crippen LogP contribution in [-0.2, 0) is 22.7 Å². The molecule has 2 N–H and O–H groups in total. The standard InChI is InChI=1S/C46H58N6O8S/c1-7-31-17-36-24-47-40-20-37(8-9-38(40)44(54)52(36)26-31)59-27-32-18-34(50(29-46(3,4)61-6)10-12-57-14-15-58-13-11-53)19-33(49-32)28-60-43-22-41-39(21-42(43)56-5)45(55)51-25-30(2)16-35(51)23-48-41/h7-9,18-23,35-36,47,53H,2,10-17,24-29H2,1,3-6H3/b31-7-/t35-,36-/m0/s1. The van der Waals surface area contributed by atoms with Crippen molar-refractivity contribution in [3.8, 4) is 17.2 Å². The number of anilines is 2. The summed E-state index contributed by atoms with van der Waals surface area (Å²) in [5.74, 6) is 1.38. The average Bonchev–Trinajstić information content (AvgIpc) is 3.80. The Morgan fingerprint density at radius 2 is 1.70 bits per heavy atom. The van der Waals surface area contributed by atoms with Gasteiger partial charge in [0.05, 0.1) is 86.1 Å². The van der Waals surface area contributed by atoms with Gasteiger partial charge in [-0.05, 0) is 70.2 Å². The third-order valence-corrected chi connectivity index (χ3v) is 12.7. The van der Waals surface area contributed by atoms with Crippen LogP contribution in [0.25, 0.3) is 0 Å². The molecule has 0 unspecified atom stereocenters. The number of aliphatic hydroxyl groups excluding tert-OH is 1. The fourth-order valence-corrected chi connectivity index (χ4v) is 8.33. The van der Waals surface area contributed by atoms with Crippen LogP contribution in [0.4, 0.5) is 17.1 Å². The largest absolute Gasteiger partial charge is 0.493 e. The number of allylic oxidation sites excluding steroid dienone is 1. The maximum absolute atomic E-state index is 13.6. The van der Waals surface area contributed by atoms with E-state index in [-0.39, 0.29) is 55.1 Å². The molecule has 0 saturated carbocycles. The van der Waals surface area contributed by atoms with Crippen LogP contribution in [0.1, 0.15) is 65.7 Å². The summed E-state index contributed by atoms with van der Waals surface area (Å²) in [6.45, 7) is 15.5. The van der Waals surface area contributed by atoms with E-state index in [1.54, 1.807) is 35.9 Å². The highest BCUT2D eigenvalue weighted by Gasteiger charge is 2.36. The predicted octanol–water partition coefficient (Wildman–Crippen LogP) is 6.29. The van der Waals surface area contributed by atoms with Gasteiger partial charge in [0.15, 0.2) is 11.5 Å². The van der Waals surface area contributed by atoms with Gasteiger partial charge in [0, 0.05) is 61.5 Å². The first kappa shape index (κ1) is 44.0. The number of fused-ring (bicyclic) bond motifs is 4. The van der Waals surface area contributed by atoms with Crippen molar-refractivity contribution in [3.05, 3.63) is 88.8 Å². The summed E-state index contributed by atoms with van der Waals surface area (Å²) in [5.41, 5.74) is 6.92. The molecule has 14 nitrogen and oxygen atoms in total. The molecule has 326 valence electrons. The number of ether oxygens (including phenoxy) is 5. The van der Waals surface area contributed by atoms with Crippen molar-refractivity contribution in [3.63, 3.8) is 0 Å². The van der Waals surface area contributed by atoms with Crippen molar-refractivity contribution in [2.45, 2.75) is 63.7 Å². The second kappa shape index (κ2) is 19.7. The van der Waals surface area contributed by atoms with Gasteiger partial charge < -0.3 is 48.8 Å². The lowest BCUT2D eigenvalue weighted by molar-refractivity contribution is 0.0351. The Hall–Kier alpha value is -5.09. The lowest BCUT2D eigenvalue weighted by Gasteiger charge is -2.33. The lowest BCUT2D eigenvalue weighted by atomic mass is 10.1. The van der Waals surface area contributed by atoms with Gasteiger partial charge in [-0.2, -0.15) is 11.8 Å².